The molecular weight excluding hydrogens is 359 g/mol. The minimum absolute atomic E-state index is 0.0403. The Hall–Kier alpha value is -3.22. The van der Waals surface area contributed by atoms with Crippen molar-refractivity contribution in [2.24, 2.45) is 7.05 Å². The molecule has 0 atom stereocenters. The smallest absolute Gasteiger partial charge is 0.324 e. The summed E-state index contributed by atoms with van der Waals surface area (Å²) < 4.78 is 21.3. The zero-order valence-corrected chi connectivity index (χ0v) is 16.2. The van der Waals surface area contributed by atoms with Gasteiger partial charge in [0.15, 0.2) is 11.6 Å². The van der Waals surface area contributed by atoms with Crippen molar-refractivity contribution in [2.45, 2.75) is 26.7 Å². The van der Waals surface area contributed by atoms with E-state index in [9.17, 15) is 9.18 Å². The first-order valence-electron chi connectivity index (χ1n) is 9.21. The van der Waals surface area contributed by atoms with E-state index in [2.05, 4.69) is 22.2 Å². The fourth-order valence-corrected chi connectivity index (χ4v) is 2.69. The number of unbranched alkanes of at least 4 members (excludes halogenated alkanes) is 1. The van der Waals surface area contributed by atoms with E-state index in [0.717, 1.165) is 24.9 Å². The minimum atomic E-state index is -0.475. The molecule has 3 aromatic rings. The van der Waals surface area contributed by atoms with E-state index in [-0.39, 0.29) is 17.3 Å². The summed E-state index contributed by atoms with van der Waals surface area (Å²) in [5.74, 6) is 0.201. The van der Waals surface area contributed by atoms with Crippen LogP contribution in [0.4, 0.5) is 10.2 Å². The number of nitrogens with zero attached hydrogens (tertiary/aromatic N) is 3. The average molecular weight is 382 g/mol. The number of anilines is 1. The summed E-state index contributed by atoms with van der Waals surface area (Å²) in [7, 11) is 1.67. The highest BCUT2D eigenvalue weighted by Gasteiger charge is 2.13. The molecule has 0 unspecified atom stereocenters. The lowest BCUT2D eigenvalue weighted by molar-refractivity contribution is 0.409. The fourth-order valence-electron chi connectivity index (χ4n) is 2.69. The largest absolute Gasteiger partial charge is 0.421 e. The molecule has 1 N–H and O–H groups in total. The first-order chi connectivity index (χ1) is 13.5. The standard InChI is InChI=1S/C21H23FN4O2/c1-4-5-11-23-18-12-17(15-9-10-19(27)26(3)13-15)24-21(25-18)28-20-14(2)7-6-8-16(20)22/h6-10,12-13H,4-5,11H2,1-3H3,(H,23,24,25). The zero-order valence-electron chi connectivity index (χ0n) is 16.2. The van der Waals surface area contributed by atoms with Gasteiger partial charge in [-0.25, -0.2) is 4.39 Å². The van der Waals surface area contributed by atoms with Crippen molar-refractivity contribution in [1.29, 1.82) is 0 Å². The van der Waals surface area contributed by atoms with E-state index in [4.69, 9.17) is 4.74 Å². The number of hydrogen-bond donors (Lipinski definition) is 1. The Balaban J connectivity index is 2.01. The second-order valence-corrected chi connectivity index (χ2v) is 6.56. The predicted molar refractivity (Wildman–Crippen MR) is 107 cm³/mol. The van der Waals surface area contributed by atoms with Crippen LogP contribution in [-0.2, 0) is 7.05 Å². The molecule has 0 saturated carbocycles. The molecular formula is C21H23FN4O2. The number of hydrogen-bond acceptors (Lipinski definition) is 5. The number of benzene rings is 1. The van der Waals surface area contributed by atoms with Gasteiger partial charge >= 0.3 is 6.01 Å². The minimum Gasteiger partial charge on any atom is -0.421 e. The first-order valence-corrected chi connectivity index (χ1v) is 9.21. The molecule has 0 aliphatic heterocycles. The number of para-hydroxylation sites is 1. The van der Waals surface area contributed by atoms with Gasteiger partial charge in [0.2, 0.25) is 5.56 Å². The van der Waals surface area contributed by atoms with Gasteiger partial charge in [-0.3, -0.25) is 4.79 Å². The second kappa shape index (κ2) is 8.65. The van der Waals surface area contributed by atoms with E-state index in [1.165, 1.54) is 16.7 Å². The van der Waals surface area contributed by atoms with Crippen LogP contribution in [0.25, 0.3) is 11.3 Å². The Morgan fingerprint density at radius 1 is 1.21 bits per heavy atom. The van der Waals surface area contributed by atoms with Crippen LogP contribution in [0.1, 0.15) is 25.3 Å². The molecule has 7 heteroatoms. The molecule has 6 nitrogen and oxygen atoms in total. The Morgan fingerprint density at radius 3 is 2.75 bits per heavy atom. The maximum absolute atomic E-state index is 14.2. The molecule has 0 radical (unpaired) electrons. The lowest BCUT2D eigenvalue weighted by atomic mass is 10.2. The van der Waals surface area contributed by atoms with Crippen LogP contribution < -0.4 is 15.6 Å². The number of halogens is 1. The summed E-state index contributed by atoms with van der Waals surface area (Å²) in [6, 6.07) is 9.71. The highest BCUT2D eigenvalue weighted by molar-refractivity contribution is 5.62. The topological polar surface area (TPSA) is 69.0 Å². The van der Waals surface area contributed by atoms with E-state index in [0.29, 0.717) is 17.1 Å². The zero-order chi connectivity index (χ0) is 20.1. The highest BCUT2D eigenvalue weighted by atomic mass is 19.1. The normalized spacial score (nSPS) is 10.7. The van der Waals surface area contributed by atoms with Crippen LogP contribution in [0.5, 0.6) is 11.8 Å². The van der Waals surface area contributed by atoms with E-state index < -0.39 is 5.82 Å². The molecule has 0 spiro atoms. The summed E-state index contributed by atoms with van der Waals surface area (Å²) in [6.45, 7) is 4.61. The average Bonchev–Trinajstić information content (AvgIpc) is 2.67. The summed E-state index contributed by atoms with van der Waals surface area (Å²) in [5, 5.41) is 3.24. The molecule has 146 valence electrons. The quantitative estimate of drug-likeness (QED) is 0.617. The van der Waals surface area contributed by atoms with Gasteiger partial charge in [0.05, 0.1) is 5.69 Å². The third-order valence-corrected chi connectivity index (χ3v) is 4.28. The van der Waals surface area contributed by atoms with Gasteiger partial charge in [-0.05, 0) is 31.0 Å². The maximum Gasteiger partial charge on any atom is 0.324 e. The van der Waals surface area contributed by atoms with Crippen LogP contribution in [0.3, 0.4) is 0 Å². The number of aromatic nitrogens is 3. The van der Waals surface area contributed by atoms with Crippen LogP contribution in [0.2, 0.25) is 0 Å². The number of aryl methyl sites for hydroxylation is 2. The Morgan fingerprint density at radius 2 is 2.04 bits per heavy atom. The third-order valence-electron chi connectivity index (χ3n) is 4.28. The number of pyridine rings is 1. The molecule has 1 aromatic carbocycles. The third kappa shape index (κ3) is 4.54. The van der Waals surface area contributed by atoms with Crippen molar-refractivity contribution < 1.29 is 9.13 Å². The van der Waals surface area contributed by atoms with Gasteiger partial charge in [0, 0.05) is 37.5 Å². The molecule has 0 amide bonds. The van der Waals surface area contributed by atoms with Crippen LogP contribution in [-0.4, -0.2) is 21.1 Å². The van der Waals surface area contributed by atoms with Crippen molar-refractivity contribution in [3.05, 3.63) is 64.3 Å². The monoisotopic (exact) mass is 382 g/mol. The van der Waals surface area contributed by atoms with Crippen molar-refractivity contribution in [2.75, 3.05) is 11.9 Å². The van der Waals surface area contributed by atoms with Gasteiger partial charge < -0.3 is 14.6 Å². The molecule has 2 heterocycles. The van der Waals surface area contributed by atoms with Gasteiger partial charge in [-0.15, -0.1) is 0 Å². The molecule has 0 aliphatic rings. The Labute approximate surface area is 163 Å². The number of rotatable bonds is 7. The lowest BCUT2D eigenvalue weighted by Crippen LogP contribution is -2.14. The Bertz CT molecular complexity index is 1010. The van der Waals surface area contributed by atoms with E-state index in [1.54, 1.807) is 44.4 Å². The maximum atomic E-state index is 14.2. The van der Waals surface area contributed by atoms with Crippen molar-refractivity contribution in [3.63, 3.8) is 0 Å². The van der Waals surface area contributed by atoms with Crippen molar-refractivity contribution >= 4 is 5.82 Å². The highest BCUT2D eigenvalue weighted by Crippen LogP contribution is 2.28. The molecule has 0 aliphatic carbocycles. The van der Waals surface area contributed by atoms with Gasteiger partial charge in [-0.2, -0.15) is 9.97 Å². The fraction of sp³-hybridized carbons (Fsp3) is 0.286. The Kier molecular flexibility index (Phi) is 6.03. The lowest BCUT2D eigenvalue weighted by Gasteiger charge is -2.12. The van der Waals surface area contributed by atoms with E-state index in [1.807, 2.05) is 0 Å². The van der Waals surface area contributed by atoms with E-state index >= 15 is 0 Å². The predicted octanol–water partition coefficient (Wildman–Crippen LogP) is 4.29. The first kappa shape index (κ1) is 19.5. The number of nitrogens with one attached hydrogen (secondary N) is 1. The van der Waals surface area contributed by atoms with Crippen molar-refractivity contribution in [1.82, 2.24) is 14.5 Å². The SMILES string of the molecule is CCCCNc1cc(-c2ccc(=O)n(C)c2)nc(Oc2c(C)cccc2F)n1. The number of ether oxygens (including phenoxy) is 1. The molecule has 28 heavy (non-hydrogen) atoms. The van der Waals surface area contributed by atoms with Crippen LogP contribution in [0.15, 0.2) is 47.4 Å². The van der Waals surface area contributed by atoms with Gasteiger partial charge in [0.25, 0.3) is 0 Å². The summed E-state index contributed by atoms with van der Waals surface area (Å²) in [6.07, 6.45) is 3.73. The molecule has 0 fully saturated rings. The van der Waals surface area contributed by atoms with Crippen LogP contribution in [0, 0.1) is 12.7 Å². The molecule has 0 bridgehead atoms. The summed E-state index contributed by atoms with van der Waals surface area (Å²) in [5.41, 5.74) is 1.85. The van der Waals surface area contributed by atoms with Crippen LogP contribution >= 0.6 is 0 Å². The van der Waals surface area contributed by atoms with Gasteiger partial charge in [-0.1, -0.05) is 25.5 Å². The second-order valence-electron chi connectivity index (χ2n) is 6.56. The molecule has 0 saturated heterocycles. The summed E-state index contributed by atoms with van der Waals surface area (Å²) in [4.78, 5) is 20.5. The summed E-state index contributed by atoms with van der Waals surface area (Å²) >= 11 is 0. The van der Waals surface area contributed by atoms with Crippen molar-refractivity contribution in [3.8, 4) is 23.0 Å². The molecule has 2 aromatic heterocycles. The molecule has 3 rings (SSSR count). The van der Waals surface area contributed by atoms with Gasteiger partial charge in [0.1, 0.15) is 5.82 Å².